The molecule has 0 saturated carbocycles. The highest BCUT2D eigenvalue weighted by atomic mass is 35.5. The molecule has 0 atom stereocenters. The molecule has 2 aromatic rings. The molecule has 30 heavy (non-hydrogen) atoms. The van der Waals surface area contributed by atoms with Gasteiger partial charge in [-0.25, -0.2) is 8.42 Å². The van der Waals surface area contributed by atoms with Crippen LogP contribution in [0.1, 0.15) is 24.2 Å². The van der Waals surface area contributed by atoms with Gasteiger partial charge >= 0.3 is 0 Å². The number of anilines is 2. The van der Waals surface area contributed by atoms with Gasteiger partial charge in [0.15, 0.2) is 0 Å². The lowest BCUT2D eigenvalue weighted by Crippen LogP contribution is -2.38. The summed E-state index contributed by atoms with van der Waals surface area (Å²) in [7, 11) is -3.84. The number of amides is 2. The molecule has 2 amide bonds. The molecule has 2 rings (SSSR count). The molecular weight excluding hydrogens is 449 g/mol. The SMILES string of the molecule is CC(C)CNC(=O)c1ccccc1NC(=O)CN(c1cccc(Cl)c1Cl)S(C)(=O)=O. The Morgan fingerprint density at radius 3 is 2.37 bits per heavy atom. The summed E-state index contributed by atoms with van der Waals surface area (Å²) < 4.78 is 25.4. The lowest BCUT2D eigenvalue weighted by Gasteiger charge is -2.23. The van der Waals surface area contributed by atoms with Gasteiger partial charge in [0, 0.05) is 6.54 Å². The Morgan fingerprint density at radius 2 is 1.73 bits per heavy atom. The van der Waals surface area contributed by atoms with Gasteiger partial charge in [0.2, 0.25) is 15.9 Å². The maximum atomic E-state index is 12.7. The van der Waals surface area contributed by atoms with Crippen LogP contribution in [0.2, 0.25) is 10.0 Å². The zero-order chi connectivity index (χ0) is 22.5. The Bertz CT molecular complexity index is 1040. The van der Waals surface area contributed by atoms with Gasteiger partial charge in [-0.05, 0) is 30.2 Å². The molecule has 2 aromatic carbocycles. The van der Waals surface area contributed by atoms with E-state index in [1.165, 1.54) is 18.2 Å². The summed E-state index contributed by atoms with van der Waals surface area (Å²) >= 11 is 12.1. The molecule has 2 N–H and O–H groups in total. The van der Waals surface area contributed by atoms with Crippen molar-refractivity contribution < 1.29 is 18.0 Å². The van der Waals surface area contributed by atoms with Gasteiger partial charge in [-0.2, -0.15) is 0 Å². The fraction of sp³-hybridized carbons (Fsp3) is 0.300. The lowest BCUT2D eigenvalue weighted by atomic mass is 10.1. The van der Waals surface area contributed by atoms with E-state index >= 15 is 0 Å². The van der Waals surface area contributed by atoms with Crippen LogP contribution in [0.25, 0.3) is 0 Å². The van der Waals surface area contributed by atoms with E-state index in [0.29, 0.717) is 6.54 Å². The molecule has 0 aliphatic carbocycles. The molecule has 0 radical (unpaired) electrons. The summed E-state index contributed by atoms with van der Waals surface area (Å²) in [6.45, 7) is 3.88. The van der Waals surface area contributed by atoms with E-state index < -0.39 is 22.5 Å². The van der Waals surface area contributed by atoms with Crippen molar-refractivity contribution in [1.82, 2.24) is 5.32 Å². The van der Waals surface area contributed by atoms with Gasteiger partial charge in [0.1, 0.15) is 6.54 Å². The van der Waals surface area contributed by atoms with Crippen molar-refractivity contribution in [2.24, 2.45) is 5.92 Å². The third-order valence-electron chi connectivity index (χ3n) is 4.00. The van der Waals surface area contributed by atoms with Gasteiger partial charge < -0.3 is 10.6 Å². The smallest absolute Gasteiger partial charge is 0.253 e. The Hall–Kier alpha value is -2.29. The van der Waals surface area contributed by atoms with Crippen molar-refractivity contribution in [2.45, 2.75) is 13.8 Å². The highest BCUT2D eigenvalue weighted by Gasteiger charge is 2.24. The number of nitrogens with one attached hydrogen (secondary N) is 2. The van der Waals surface area contributed by atoms with E-state index in [1.807, 2.05) is 13.8 Å². The van der Waals surface area contributed by atoms with Gasteiger partial charge in [-0.3, -0.25) is 13.9 Å². The molecule has 0 aliphatic rings. The number of carbonyl (C=O) groups is 2. The first-order valence-corrected chi connectivity index (χ1v) is 11.7. The molecule has 0 fully saturated rings. The van der Waals surface area contributed by atoms with E-state index in [2.05, 4.69) is 10.6 Å². The topological polar surface area (TPSA) is 95.6 Å². The van der Waals surface area contributed by atoms with E-state index in [9.17, 15) is 18.0 Å². The Balaban J connectivity index is 2.25. The van der Waals surface area contributed by atoms with Crippen LogP contribution in [0.4, 0.5) is 11.4 Å². The lowest BCUT2D eigenvalue weighted by molar-refractivity contribution is -0.114. The van der Waals surface area contributed by atoms with Crippen molar-refractivity contribution in [3.63, 3.8) is 0 Å². The molecule has 10 heteroatoms. The number of hydrogen-bond acceptors (Lipinski definition) is 4. The molecule has 0 bridgehead atoms. The molecule has 0 spiro atoms. The van der Waals surface area contributed by atoms with Crippen molar-refractivity contribution in [3.05, 3.63) is 58.1 Å². The first kappa shape index (κ1) is 24.0. The zero-order valence-electron chi connectivity index (χ0n) is 16.8. The average Bonchev–Trinajstić information content (AvgIpc) is 2.66. The molecule has 0 heterocycles. The quantitative estimate of drug-likeness (QED) is 0.611. The number of nitrogens with zero attached hydrogens (tertiary/aromatic N) is 1. The molecule has 0 aliphatic heterocycles. The number of rotatable bonds is 8. The van der Waals surface area contributed by atoms with Crippen molar-refractivity contribution in [3.8, 4) is 0 Å². The second-order valence-corrected chi connectivity index (χ2v) is 9.73. The fourth-order valence-electron chi connectivity index (χ4n) is 2.57. The van der Waals surface area contributed by atoms with Crippen LogP contribution in [0, 0.1) is 5.92 Å². The normalized spacial score (nSPS) is 11.3. The largest absolute Gasteiger partial charge is 0.352 e. The van der Waals surface area contributed by atoms with Crippen LogP contribution < -0.4 is 14.9 Å². The summed E-state index contributed by atoms with van der Waals surface area (Å²) in [4.78, 5) is 25.1. The van der Waals surface area contributed by atoms with Crippen LogP contribution in [0.15, 0.2) is 42.5 Å². The number of carbonyl (C=O) groups excluding carboxylic acids is 2. The van der Waals surface area contributed by atoms with Gasteiger partial charge in [-0.1, -0.05) is 55.2 Å². The average molecular weight is 472 g/mol. The highest BCUT2D eigenvalue weighted by molar-refractivity contribution is 7.92. The number of para-hydroxylation sites is 1. The molecular formula is C20H23Cl2N3O4S. The second kappa shape index (κ2) is 10.1. The van der Waals surface area contributed by atoms with Gasteiger partial charge in [0.05, 0.1) is 33.2 Å². The third kappa shape index (κ3) is 6.35. The standard InChI is InChI=1S/C20H23Cl2N3O4S/c1-13(2)11-23-20(27)14-7-4-5-9-16(14)24-18(26)12-25(30(3,28)29)17-10-6-8-15(21)19(17)22/h4-10,13H,11-12H2,1-3H3,(H,23,27)(H,24,26). The van der Waals surface area contributed by atoms with E-state index in [1.54, 1.807) is 24.3 Å². The number of hydrogen-bond donors (Lipinski definition) is 2. The molecule has 162 valence electrons. The van der Waals surface area contributed by atoms with Gasteiger partial charge in [0.25, 0.3) is 5.91 Å². The zero-order valence-corrected chi connectivity index (χ0v) is 19.1. The number of sulfonamides is 1. The third-order valence-corrected chi connectivity index (χ3v) is 5.94. The van der Waals surface area contributed by atoms with Crippen molar-refractivity contribution in [2.75, 3.05) is 29.0 Å². The number of benzene rings is 2. The van der Waals surface area contributed by atoms with E-state index in [4.69, 9.17) is 23.2 Å². The molecule has 0 aromatic heterocycles. The van der Waals surface area contributed by atoms with Crippen molar-refractivity contribution in [1.29, 1.82) is 0 Å². The number of halogens is 2. The summed E-state index contributed by atoms with van der Waals surface area (Å²) in [5, 5.41) is 5.57. The Labute approximate surface area is 186 Å². The van der Waals surface area contributed by atoms with Crippen LogP contribution >= 0.6 is 23.2 Å². The van der Waals surface area contributed by atoms with E-state index in [0.717, 1.165) is 10.6 Å². The molecule has 0 unspecified atom stereocenters. The summed E-state index contributed by atoms with van der Waals surface area (Å²) in [6.07, 6.45) is 0.963. The van der Waals surface area contributed by atoms with Crippen molar-refractivity contribution >= 4 is 56.4 Å². The van der Waals surface area contributed by atoms with E-state index in [-0.39, 0.29) is 38.8 Å². The monoisotopic (exact) mass is 471 g/mol. The van der Waals surface area contributed by atoms with Crippen LogP contribution in [0.3, 0.4) is 0 Å². The maximum absolute atomic E-state index is 12.7. The minimum absolute atomic E-state index is 0.0193. The predicted octanol–water partition coefficient (Wildman–Crippen LogP) is 3.78. The van der Waals surface area contributed by atoms with Gasteiger partial charge in [-0.15, -0.1) is 0 Å². The maximum Gasteiger partial charge on any atom is 0.253 e. The molecule has 0 saturated heterocycles. The predicted molar refractivity (Wildman–Crippen MR) is 121 cm³/mol. The highest BCUT2D eigenvalue weighted by Crippen LogP contribution is 2.33. The minimum atomic E-state index is -3.84. The van der Waals surface area contributed by atoms with Crippen LogP contribution in [0.5, 0.6) is 0 Å². The first-order chi connectivity index (χ1) is 14.0. The summed E-state index contributed by atoms with van der Waals surface area (Å²) in [5.74, 6) is -0.709. The summed E-state index contributed by atoms with van der Waals surface area (Å²) in [5.41, 5.74) is 0.636. The van der Waals surface area contributed by atoms with Crippen LogP contribution in [-0.2, 0) is 14.8 Å². The Kier molecular flexibility index (Phi) is 8.11. The first-order valence-electron chi connectivity index (χ1n) is 9.09. The fourth-order valence-corrected chi connectivity index (χ4v) is 3.88. The van der Waals surface area contributed by atoms with Crippen LogP contribution in [-0.4, -0.2) is 39.6 Å². The second-order valence-electron chi connectivity index (χ2n) is 7.04. The molecule has 7 nitrogen and oxygen atoms in total. The Morgan fingerprint density at radius 1 is 1.07 bits per heavy atom. The summed E-state index contributed by atoms with van der Waals surface area (Å²) in [6, 6.07) is 11.0. The minimum Gasteiger partial charge on any atom is -0.352 e.